The molecule has 0 saturated heterocycles. The van der Waals surface area contributed by atoms with E-state index in [-0.39, 0.29) is 0 Å². The molecule has 0 aromatic heterocycles. The fourth-order valence-electron chi connectivity index (χ4n) is 2.47. The average molecular weight is 289 g/mol. The van der Waals surface area contributed by atoms with Crippen LogP contribution in [0.3, 0.4) is 0 Å². The Bertz CT molecular complexity index is 510. The van der Waals surface area contributed by atoms with E-state index in [0.29, 0.717) is 12.6 Å². The molecule has 2 aromatic rings. The first-order valence-electron chi connectivity index (χ1n) is 6.90. The molecule has 0 fully saturated rings. The Morgan fingerprint density at radius 3 is 2.30 bits per heavy atom. The Labute approximate surface area is 126 Å². The van der Waals surface area contributed by atoms with Gasteiger partial charge in [-0.05, 0) is 43.3 Å². The number of hydrogen-bond acceptors (Lipinski definition) is 2. The van der Waals surface area contributed by atoms with Crippen molar-refractivity contribution in [1.29, 1.82) is 0 Å². The summed E-state index contributed by atoms with van der Waals surface area (Å²) in [4.78, 5) is 2.34. The minimum atomic E-state index is 0.317. The highest BCUT2D eigenvalue weighted by Crippen LogP contribution is 2.25. The van der Waals surface area contributed by atoms with Crippen molar-refractivity contribution in [2.24, 2.45) is 5.73 Å². The highest BCUT2D eigenvalue weighted by molar-refractivity contribution is 6.30. The van der Waals surface area contributed by atoms with Crippen LogP contribution in [0.5, 0.6) is 0 Å². The van der Waals surface area contributed by atoms with Gasteiger partial charge in [0.2, 0.25) is 0 Å². The van der Waals surface area contributed by atoms with E-state index in [2.05, 4.69) is 48.3 Å². The molecule has 2 rings (SSSR count). The van der Waals surface area contributed by atoms with E-state index in [9.17, 15) is 0 Å². The molecule has 3 heteroatoms. The number of nitrogens with two attached hydrogens (primary N) is 1. The molecule has 2 aromatic carbocycles. The van der Waals surface area contributed by atoms with Crippen LogP contribution in [0, 0.1) is 0 Å². The van der Waals surface area contributed by atoms with Crippen molar-refractivity contribution in [2.45, 2.75) is 19.0 Å². The zero-order valence-electron chi connectivity index (χ0n) is 11.8. The number of halogens is 1. The SMILES string of the molecule is CN(Cc1ccccc1)C(CCN)c1ccc(Cl)cc1. The second-order valence-corrected chi connectivity index (χ2v) is 5.48. The molecule has 0 bridgehead atoms. The van der Waals surface area contributed by atoms with Gasteiger partial charge in [-0.15, -0.1) is 0 Å². The molecule has 20 heavy (non-hydrogen) atoms. The van der Waals surface area contributed by atoms with Gasteiger partial charge in [0.05, 0.1) is 0 Å². The lowest BCUT2D eigenvalue weighted by Crippen LogP contribution is -2.26. The zero-order valence-corrected chi connectivity index (χ0v) is 12.6. The van der Waals surface area contributed by atoms with Gasteiger partial charge in [0.1, 0.15) is 0 Å². The summed E-state index contributed by atoms with van der Waals surface area (Å²) in [7, 11) is 2.14. The first kappa shape index (κ1) is 15.0. The molecule has 0 heterocycles. The number of rotatable bonds is 6. The molecule has 0 radical (unpaired) electrons. The smallest absolute Gasteiger partial charge is 0.0406 e. The predicted molar refractivity (Wildman–Crippen MR) is 85.8 cm³/mol. The molecule has 0 spiro atoms. The maximum Gasteiger partial charge on any atom is 0.0406 e. The minimum absolute atomic E-state index is 0.317. The Morgan fingerprint density at radius 1 is 1.05 bits per heavy atom. The zero-order chi connectivity index (χ0) is 14.4. The fraction of sp³-hybridized carbons (Fsp3) is 0.294. The maximum atomic E-state index is 5.96. The molecule has 0 aliphatic carbocycles. The lowest BCUT2D eigenvalue weighted by molar-refractivity contribution is 0.227. The second-order valence-electron chi connectivity index (χ2n) is 5.05. The first-order chi connectivity index (χ1) is 9.70. The molecule has 106 valence electrons. The lowest BCUT2D eigenvalue weighted by atomic mass is 10.0. The van der Waals surface area contributed by atoms with Crippen LogP contribution < -0.4 is 5.73 Å². The van der Waals surface area contributed by atoms with Crippen LogP contribution in [-0.4, -0.2) is 18.5 Å². The van der Waals surface area contributed by atoms with E-state index >= 15 is 0 Å². The van der Waals surface area contributed by atoms with Crippen molar-refractivity contribution in [3.8, 4) is 0 Å². The Hall–Kier alpha value is -1.35. The second kappa shape index (κ2) is 7.44. The number of hydrogen-bond donors (Lipinski definition) is 1. The summed E-state index contributed by atoms with van der Waals surface area (Å²) in [5.41, 5.74) is 8.35. The number of benzene rings is 2. The monoisotopic (exact) mass is 288 g/mol. The quantitative estimate of drug-likeness (QED) is 0.874. The van der Waals surface area contributed by atoms with E-state index in [4.69, 9.17) is 17.3 Å². The highest BCUT2D eigenvalue weighted by Gasteiger charge is 2.16. The predicted octanol–water partition coefficient (Wildman–Crippen LogP) is 3.86. The van der Waals surface area contributed by atoms with E-state index < -0.39 is 0 Å². The highest BCUT2D eigenvalue weighted by atomic mass is 35.5. The Balaban J connectivity index is 2.13. The van der Waals surface area contributed by atoms with Crippen molar-refractivity contribution in [2.75, 3.05) is 13.6 Å². The van der Waals surface area contributed by atoms with Crippen LogP contribution in [0.4, 0.5) is 0 Å². The van der Waals surface area contributed by atoms with Crippen molar-refractivity contribution in [1.82, 2.24) is 4.90 Å². The lowest BCUT2D eigenvalue weighted by Gasteiger charge is -2.28. The van der Waals surface area contributed by atoms with Crippen molar-refractivity contribution < 1.29 is 0 Å². The minimum Gasteiger partial charge on any atom is -0.330 e. The summed E-state index contributed by atoms with van der Waals surface area (Å²) in [6.07, 6.45) is 0.935. The van der Waals surface area contributed by atoms with Gasteiger partial charge in [-0.25, -0.2) is 0 Å². The van der Waals surface area contributed by atoms with Gasteiger partial charge in [0, 0.05) is 17.6 Å². The van der Waals surface area contributed by atoms with Gasteiger partial charge in [-0.1, -0.05) is 54.1 Å². The third-order valence-corrected chi connectivity index (χ3v) is 3.75. The van der Waals surface area contributed by atoms with Crippen molar-refractivity contribution >= 4 is 11.6 Å². The molecule has 0 amide bonds. The summed E-state index contributed by atoms with van der Waals surface area (Å²) in [5.74, 6) is 0. The summed E-state index contributed by atoms with van der Waals surface area (Å²) < 4.78 is 0. The Kier molecular flexibility index (Phi) is 5.60. The molecule has 0 aliphatic heterocycles. The summed E-state index contributed by atoms with van der Waals surface area (Å²) in [6.45, 7) is 1.58. The molecular weight excluding hydrogens is 268 g/mol. The van der Waals surface area contributed by atoms with Crippen molar-refractivity contribution in [3.63, 3.8) is 0 Å². The molecule has 1 atom stereocenters. The average Bonchev–Trinajstić information content (AvgIpc) is 2.47. The normalized spacial score (nSPS) is 12.6. The molecule has 1 unspecified atom stereocenters. The van der Waals surface area contributed by atoms with Gasteiger partial charge in [-0.3, -0.25) is 4.90 Å². The van der Waals surface area contributed by atoms with Crippen LogP contribution in [0.1, 0.15) is 23.6 Å². The standard InChI is InChI=1S/C17H21ClN2/c1-20(13-14-5-3-2-4-6-14)17(11-12-19)15-7-9-16(18)10-8-15/h2-10,17H,11-13,19H2,1H3. The molecule has 2 N–H and O–H groups in total. The van der Waals surface area contributed by atoms with E-state index in [1.54, 1.807) is 0 Å². The van der Waals surface area contributed by atoms with Crippen LogP contribution in [-0.2, 0) is 6.54 Å². The molecular formula is C17H21ClN2. The van der Waals surface area contributed by atoms with E-state index in [1.807, 2.05) is 18.2 Å². The van der Waals surface area contributed by atoms with Crippen molar-refractivity contribution in [3.05, 3.63) is 70.7 Å². The molecule has 0 aliphatic rings. The topological polar surface area (TPSA) is 29.3 Å². The third kappa shape index (κ3) is 4.07. The molecule has 2 nitrogen and oxygen atoms in total. The summed E-state index contributed by atoms with van der Waals surface area (Å²) in [5, 5.41) is 0.769. The summed E-state index contributed by atoms with van der Waals surface area (Å²) >= 11 is 5.96. The first-order valence-corrected chi connectivity index (χ1v) is 7.28. The van der Waals surface area contributed by atoms with Gasteiger partial charge < -0.3 is 5.73 Å². The van der Waals surface area contributed by atoms with E-state index in [0.717, 1.165) is 18.0 Å². The Morgan fingerprint density at radius 2 is 1.70 bits per heavy atom. The van der Waals surface area contributed by atoms with Gasteiger partial charge in [-0.2, -0.15) is 0 Å². The van der Waals surface area contributed by atoms with E-state index in [1.165, 1.54) is 11.1 Å². The van der Waals surface area contributed by atoms with Crippen LogP contribution >= 0.6 is 11.6 Å². The fourth-order valence-corrected chi connectivity index (χ4v) is 2.59. The largest absolute Gasteiger partial charge is 0.330 e. The van der Waals surface area contributed by atoms with Gasteiger partial charge >= 0.3 is 0 Å². The van der Waals surface area contributed by atoms with Crippen LogP contribution in [0.2, 0.25) is 5.02 Å². The maximum absolute atomic E-state index is 5.96. The number of nitrogens with zero attached hydrogens (tertiary/aromatic N) is 1. The van der Waals surface area contributed by atoms with Gasteiger partial charge in [0.15, 0.2) is 0 Å². The third-order valence-electron chi connectivity index (χ3n) is 3.50. The summed E-state index contributed by atoms with van der Waals surface area (Å²) in [6, 6.07) is 18.9. The van der Waals surface area contributed by atoms with Crippen LogP contribution in [0.15, 0.2) is 54.6 Å². The van der Waals surface area contributed by atoms with Crippen LogP contribution in [0.25, 0.3) is 0 Å². The van der Waals surface area contributed by atoms with Gasteiger partial charge in [0.25, 0.3) is 0 Å². The molecule has 0 saturated carbocycles.